The Morgan fingerprint density at radius 3 is 2.38 bits per heavy atom. The summed E-state index contributed by atoms with van der Waals surface area (Å²) in [5.74, 6) is 0.839. The Kier molecular flexibility index (Phi) is 7.31. The number of hydrogen-bond acceptors (Lipinski definition) is 4. The van der Waals surface area contributed by atoms with E-state index in [1.54, 1.807) is 18.2 Å². The molecule has 4 rings (SSSR count). The van der Waals surface area contributed by atoms with Crippen LogP contribution in [0.5, 0.6) is 0 Å². The number of nitrogens with one attached hydrogen (secondary N) is 1. The van der Waals surface area contributed by atoms with Gasteiger partial charge in [-0.1, -0.05) is 32.0 Å². The Morgan fingerprint density at radius 1 is 1.12 bits per heavy atom. The number of halogens is 1. The van der Waals surface area contributed by atoms with Crippen molar-refractivity contribution in [2.45, 2.75) is 63.8 Å². The minimum absolute atomic E-state index is 0.115. The number of primary amides is 1. The van der Waals surface area contributed by atoms with Crippen molar-refractivity contribution >= 4 is 11.8 Å². The van der Waals surface area contributed by atoms with Crippen LogP contribution in [-0.4, -0.2) is 46.9 Å². The van der Waals surface area contributed by atoms with Crippen LogP contribution < -0.4 is 11.1 Å². The molecule has 2 amide bonds. The number of rotatable bonds is 9. The van der Waals surface area contributed by atoms with Crippen LogP contribution in [-0.2, 0) is 11.2 Å². The van der Waals surface area contributed by atoms with E-state index in [0.29, 0.717) is 30.9 Å². The van der Waals surface area contributed by atoms with Crippen molar-refractivity contribution in [1.82, 2.24) is 15.2 Å². The zero-order valence-corrected chi connectivity index (χ0v) is 20.1. The van der Waals surface area contributed by atoms with Crippen LogP contribution in [0.3, 0.4) is 0 Å². The van der Waals surface area contributed by atoms with Crippen molar-refractivity contribution in [2.24, 2.45) is 5.73 Å². The van der Waals surface area contributed by atoms with Crippen LogP contribution in [0.25, 0.3) is 0 Å². The summed E-state index contributed by atoms with van der Waals surface area (Å²) in [4.78, 5) is 32.3. The molecule has 0 atom stereocenters. The lowest BCUT2D eigenvalue weighted by molar-refractivity contribution is -0.119. The number of carbonyl (C=O) groups is 2. The lowest BCUT2D eigenvalue weighted by Crippen LogP contribution is -2.57. The van der Waals surface area contributed by atoms with Gasteiger partial charge < -0.3 is 16.0 Å². The van der Waals surface area contributed by atoms with E-state index < -0.39 is 11.4 Å². The quantitative estimate of drug-likeness (QED) is 0.591. The zero-order chi connectivity index (χ0) is 24.3. The molecule has 181 valence electrons. The molecule has 2 fully saturated rings. The fourth-order valence-corrected chi connectivity index (χ4v) is 4.91. The lowest BCUT2D eigenvalue weighted by Gasteiger charge is -2.42. The summed E-state index contributed by atoms with van der Waals surface area (Å²) in [6.07, 6.45) is 4.23. The minimum atomic E-state index is -0.658. The number of benzene rings is 1. The molecule has 0 bridgehead atoms. The number of likely N-dealkylation sites (tertiary alicyclic amines) is 1. The number of hydrogen-bond donors (Lipinski definition) is 2. The second kappa shape index (κ2) is 10.2. The summed E-state index contributed by atoms with van der Waals surface area (Å²) in [7, 11) is 0. The molecular formula is C27H34FN4O2. The molecule has 34 heavy (non-hydrogen) atoms. The van der Waals surface area contributed by atoms with Crippen LogP contribution in [0.4, 0.5) is 4.39 Å². The fraction of sp³-hybridized carbons (Fsp3) is 0.481. The monoisotopic (exact) mass is 465 g/mol. The van der Waals surface area contributed by atoms with Gasteiger partial charge in [-0.25, -0.2) is 9.37 Å². The maximum absolute atomic E-state index is 13.3. The van der Waals surface area contributed by atoms with E-state index in [1.807, 2.05) is 6.07 Å². The van der Waals surface area contributed by atoms with Gasteiger partial charge in [0.05, 0.1) is 5.54 Å². The average Bonchev–Trinajstić information content (AvgIpc) is 3.61. The molecule has 1 radical (unpaired) electrons. The van der Waals surface area contributed by atoms with Gasteiger partial charge in [-0.15, -0.1) is 0 Å². The second-order valence-corrected chi connectivity index (χ2v) is 10.2. The molecule has 0 unspecified atom stereocenters. The highest BCUT2D eigenvalue weighted by atomic mass is 19.1. The predicted molar refractivity (Wildman–Crippen MR) is 130 cm³/mol. The Labute approximate surface area is 201 Å². The van der Waals surface area contributed by atoms with Crippen LogP contribution in [0.1, 0.15) is 79.2 Å². The average molecular weight is 466 g/mol. The number of pyridine rings is 1. The molecule has 2 aromatic rings. The summed E-state index contributed by atoms with van der Waals surface area (Å²) in [6, 6.07) is 10.2. The Balaban J connectivity index is 1.52. The summed E-state index contributed by atoms with van der Waals surface area (Å²) in [6.45, 7) is 6.71. The summed E-state index contributed by atoms with van der Waals surface area (Å²) in [5.41, 5.74) is 8.22. The SMILES string of the molecule is C[C](C)CN1CCC(CC(N)=O)(NC(=O)c2ccc(C3CC3)c(Cc3ccc(F)cc3)n2)CC1. The highest BCUT2D eigenvalue weighted by molar-refractivity contribution is 5.93. The standard InChI is InChI=1S/C27H34FN4O2/c1-18(2)17-32-13-11-27(12-14-32,16-25(29)33)31-26(34)23-10-9-22(20-5-6-20)24(30-23)15-19-3-7-21(28)8-4-19/h3-4,7-10,20H,5-6,11-17H2,1-2H3,(H2,29,33)(H,31,34). The first-order valence-electron chi connectivity index (χ1n) is 12.1. The number of nitrogens with zero attached hydrogens (tertiary/aromatic N) is 2. The van der Waals surface area contributed by atoms with Crippen LogP contribution >= 0.6 is 0 Å². The van der Waals surface area contributed by atoms with Crippen molar-refractivity contribution in [2.75, 3.05) is 19.6 Å². The van der Waals surface area contributed by atoms with Gasteiger partial charge in [-0.2, -0.15) is 0 Å². The van der Waals surface area contributed by atoms with Gasteiger partial charge in [0.15, 0.2) is 0 Å². The van der Waals surface area contributed by atoms with Gasteiger partial charge in [-0.3, -0.25) is 9.59 Å². The Bertz CT molecular complexity index is 1030. The molecule has 3 N–H and O–H groups in total. The van der Waals surface area contributed by atoms with Crippen LogP contribution in [0.2, 0.25) is 0 Å². The first-order valence-corrected chi connectivity index (χ1v) is 12.1. The molecule has 7 heteroatoms. The number of piperidine rings is 1. The van der Waals surface area contributed by atoms with Gasteiger partial charge in [-0.05, 0) is 66.8 Å². The van der Waals surface area contributed by atoms with Crippen molar-refractivity contribution in [3.8, 4) is 0 Å². The molecule has 1 aliphatic carbocycles. The molecule has 6 nitrogen and oxygen atoms in total. The number of aromatic nitrogens is 1. The van der Waals surface area contributed by atoms with Crippen molar-refractivity contribution in [1.29, 1.82) is 0 Å². The minimum Gasteiger partial charge on any atom is -0.370 e. The smallest absolute Gasteiger partial charge is 0.270 e. The second-order valence-electron chi connectivity index (χ2n) is 10.2. The third kappa shape index (κ3) is 6.20. The largest absolute Gasteiger partial charge is 0.370 e. The number of amides is 2. The molecule has 2 aliphatic rings. The number of carbonyl (C=O) groups excluding carboxylic acids is 2. The molecule has 1 aromatic carbocycles. The van der Waals surface area contributed by atoms with Gasteiger partial charge in [0, 0.05) is 38.2 Å². The van der Waals surface area contributed by atoms with Crippen LogP contribution in [0.15, 0.2) is 36.4 Å². The van der Waals surface area contributed by atoms with E-state index >= 15 is 0 Å². The molecule has 1 saturated carbocycles. The normalized spacial score (nSPS) is 18.1. The molecule has 1 saturated heterocycles. The van der Waals surface area contributed by atoms with E-state index in [-0.39, 0.29) is 18.1 Å². The first-order chi connectivity index (χ1) is 16.2. The zero-order valence-electron chi connectivity index (χ0n) is 20.1. The molecule has 2 heterocycles. The van der Waals surface area contributed by atoms with Gasteiger partial charge in [0.1, 0.15) is 11.5 Å². The molecular weight excluding hydrogens is 431 g/mol. The number of nitrogens with two attached hydrogens (primary N) is 1. The lowest BCUT2D eigenvalue weighted by atomic mass is 9.83. The Morgan fingerprint density at radius 2 is 1.79 bits per heavy atom. The third-order valence-electron chi connectivity index (χ3n) is 6.79. The van der Waals surface area contributed by atoms with Crippen molar-refractivity contribution < 1.29 is 14.0 Å². The topological polar surface area (TPSA) is 88.3 Å². The fourth-order valence-electron chi connectivity index (χ4n) is 4.91. The van der Waals surface area contributed by atoms with Gasteiger partial charge in [0.2, 0.25) is 5.91 Å². The van der Waals surface area contributed by atoms with E-state index in [4.69, 9.17) is 10.7 Å². The van der Waals surface area contributed by atoms with Gasteiger partial charge >= 0.3 is 0 Å². The highest BCUT2D eigenvalue weighted by Crippen LogP contribution is 2.41. The Hall–Kier alpha value is -2.80. The van der Waals surface area contributed by atoms with Crippen LogP contribution in [0, 0.1) is 11.7 Å². The van der Waals surface area contributed by atoms with Crippen molar-refractivity contribution in [3.63, 3.8) is 0 Å². The van der Waals surface area contributed by atoms with E-state index in [1.165, 1.54) is 18.1 Å². The predicted octanol–water partition coefficient (Wildman–Crippen LogP) is 3.74. The maximum Gasteiger partial charge on any atom is 0.270 e. The first kappa shape index (κ1) is 24.3. The van der Waals surface area contributed by atoms with Gasteiger partial charge in [0.25, 0.3) is 5.91 Å². The molecule has 0 spiro atoms. The summed E-state index contributed by atoms with van der Waals surface area (Å²) in [5, 5.41) is 3.13. The molecule has 1 aromatic heterocycles. The van der Waals surface area contributed by atoms with E-state index in [9.17, 15) is 14.0 Å². The maximum atomic E-state index is 13.3. The third-order valence-corrected chi connectivity index (χ3v) is 6.79. The summed E-state index contributed by atoms with van der Waals surface area (Å²) >= 11 is 0. The van der Waals surface area contributed by atoms with E-state index in [0.717, 1.165) is 49.3 Å². The highest BCUT2D eigenvalue weighted by Gasteiger charge is 2.38. The van der Waals surface area contributed by atoms with E-state index in [2.05, 4.69) is 24.1 Å². The summed E-state index contributed by atoms with van der Waals surface area (Å²) < 4.78 is 13.3. The van der Waals surface area contributed by atoms with Crippen molar-refractivity contribution in [3.05, 3.63) is 70.6 Å². The molecule has 1 aliphatic heterocycles.